The number of hydrogen-bond donors (Lipinski definition) is 3. The highest BCUT2D eigenvalue weighted by Crippen LogP contribution is 2.33. The lowest BCUT2D eigenvalue weighted by Crippen LogP contribution is -2.12. The van der Waals surface area contributed by atoms with E-state index in [4.69, 9.17) is 16.3 Å². The van der Waals surface area contributed by atoms with Crippen LogP contribution < -0.4 is 10.1 Å². The number of aromatic amines is 1. The average molecular weight is 358 g/mol. The van der Waals surface area contributed by atoms with Crippen LogP contribution in [0.25, 0.3) is 11.3 Å². The molecule has 0 bridgehead atoms. The van der Waals surface area contributed by atoms with Gasteiger partial charge in [-0.15, -0.1) is 0 Å². The first kappa shape index (κ1) is 16.9. The van der Waals surface area contributed by atoms with Gasteiger partial charge in [0.1, 0.15) is 17.2 Å². The van der Waals surface area contributed by atoms with Crippen LogP contribution in [0, 0.1) is 6.92 Å². The van der Waals surface area contributed by atoms with Crippen LogP contribution in [0.3, 0.4) is 0 Å². The van der Waals surface area contributed by atoms with E-state index in [1.807, 2.05) is 0 Å². The molecule has 0 fully saturated rings. The molecule has 0 saturated carbocycles. The van der Waals surface area contributed by atoms with E-state index in [1.54, 1.807) is 56.5 Å². The molecule has 6 nitrogen and oxygen atoms in total. The molecule has 0 aliphatic rings. The summed E-state index contributed by atoms with van der Waals surface area (Å²) in [7, 11) is 1.58. The zero-order valence-corrected chi connectivity index (χ0v) is 14.4. The second kappa shape index (κ2) is 6.86. The first-order chi connectivity index (χ1) is 12.0. The molecule has 3 aromatic rings. The van der Waals surface area contributed by atoms with Crippen molar-refractivity contribution in [1.82, 2.24) is 10.2 Å². The number of phenolic OH excluding ortho intramolecular Hbond substituents is 1. The maximum Gasteiger partial charge on any atom is 0.273 e. The molecule has 0 atom stereocenters. The number of nitrogens with one attached hydrogen (secondary N) is 2. The highest BCUT2D eigenvalue weighted by molar-refractivity contribution is 6.31. The van der Waals surface area contributed by atoms with Crippen molar-refractivity contribution in [3.8, 4) is 22.8 Å². The molecule has 7 heteroatoms. The van der Waals surface area contributed by atoms with E-state index in [0.29, 0.717) is 27.7 Å². The van der Waals surface area contributed by atoms with Gasteiger partial charge in [0.25, 0.3) is 5.91 Å². The molecule has 1 aromatic heterocycles. The molecular formula is C18H16ClN3O3. The summed E-state index contributed by atoms with van der Waals surface area (Å²) in [6.45, 7) is 1.80. The zero-order chi connectivity index (χ0) is 18.0. The topological polar surface area (TPSA) is 87.2 Å². The largest absolute Gasteiger partial charge is 0.507 e. The van der Waals surface area contributed by atoms with Crippen molar-refractivity contribution < 1.29 is 14.6 Å². The molecule has 128 valence electrons. The number of rotatable bonds is 4. The van der Waals surface area contributed by atoms with Crippen LogP contribution in [0.4, 0.5) is 5.69 Å². The van der Waals surface area contributed by atoms with Crippen molar-refractivity contribution in [2.45, 2.75) is 6.92 Å². The summed E-state index contributed by atoms with van der Waals surface area (Å²) in [6, 6.07) is 11.7. The maximum atomic E-state index is 12.3. The molecule has 25 heavy (non-hydrogen) atoms. The lowest BCUT2D eigenvalue weighted by Gasteiger charge is -2.05. The second-order valence-electron chi connectivity index (χ2n) is 5.47. The highest BCUT2D eigenvalue weighted by Gasteiger charge is 2.15. The van der Waals surface area contributed by atoms with Crippen LogP contribution in [0.2, 0.25) is 5.02 Å². The van der Waals surface area contributed by atoms with Gasteiger partial charge >= 0.3 is 0 Å². The van der Waals surface area contributed by atoms with Crippen molar-refractivity contribution in [3.63, 3.8) is 0 Å². The summed E-state index contributed by atoms with van der Waals surface area (Å²) < 4.78 is 5.08. The van der Waals surface area contributed by atoms with Crippen LogP contribution in [-0.4, -0.2) is 28.3 Å². The van der Waals surface area contributed by atoms with E-state index in [-0.39, 0.29) is 17.4 Å². The number of hydrogen-bond acceptors (Lipinski definition) is 4. The summed E-state index contributed by atoms with van der Waals surface area (Å²) in [5, 5.41) is 20.1. The number of methoxy groups -OCH3 is 1. The van der Waals surface area contributed by atoms with Crippen LogP contribution >= 0.6 is 11.6 Å². The van der Waals surface area contributed by atoms with Gasteiger partial charge in [-0.05, 0) is 55.0 Å². The summed E-state index contributed by atoms with van der Waals surface area (Å²) in [6.07, 6.45) is 0. The Hall–Kier alpha value is -2.99. The quantitative estimate of drug-likeness (QED) is 0.658. The van der Waals surface area contributed by atoms with E-state index in [0.717, 1.165) is 5.56 Å². The fourth-order valence-electron chi connectivity index (χ4n) is 2.32. The number of halogens is 1. The Balaban J connectivity index is 1.80. The van der Waals surface area contributed by atoms with Crippen molar-refractivity contribution in [2.24, 2.45) is 0 Å². The monoisotopic (exact) mass is 357 g/mol. The number of phenols is 1. The van der Waals surface area contributed by atoms with Crippen LogP contribution in [0.5, 0.6) is 11.5 Å². The highest BCUT2D eigenvalue weighted by atomic mass is 35.5. The van der Waals surface area contributed by atoms with Gasteiger partial charge in [0, 0.05) is 16.3 Å². The van der Waals surface area contributed by atoms with E-state index < -0.39 is 0 Å². The van der Waals surface area contributed by atoms with Crippen molar-refractivity contribution in [3.05, 3.63) is 58.7 Å². The molecule has 1 heterocycles. The fourth-order valence-corrected chi connectivity index (χ4v) is 2.48. The lowest BCUT2D eigenvalue weighted by molar-refractivity contribution is 0.102. The van der Waals surface area contributed by atoms with Crippen molar-refractivity contribution in [1.29, 1.82) is 0 Å². The second-order valence-corrected chi connectivity index (χ2v) is 5.88. The standard InChI is InChI=1S/C18H16ClN3O3/c1-10-7-17(23)13(8-14(10)19)15-9-16(22-21-15)18(24)20-11-3-5-12(25-2)6-4-11/h3-9,23H,1-2H3,(H,20,24)(H,21,22). The predicted molar refractivity (Wildman–Crippen MR) is 96.4 cm³/mol. The number of benzene rings is 2. The van der Waals surface area contributed by atoms with Gasteiger partial charge in [0.15, 0.2) is 0 Å². The predicted octanol–water partition coefficient (Wildman–Crippen LogP) is 4.01. The van der Waals surface area contributed by atoms with E-state index in [1.165, 1.54) is 0 Å². The number of nitrogens with zero attached hydrogens (tertiary/aromatic N) is 1. The van der Waals surface area contributed by atoms with Crippen LogP contribution in [0.1, 0.15) is 16.1 Å². The van der Waals surface area contributed by atoms with Gasteiger partial charge < -0.3 is 15.2 Å². The van der Waals surface area contributed by atoms with Crippen molar-refractivity contribution in [2.75, 3.05) is 12.4 Å². The lowest BCUT2D eigenvalue weighted by atomic mass is 10.1. The molecule has 3 N–H and O–H groups in total. The van der Waals surface area contributed by atoms with Crippen molar-refractivity contribution >= 4 is 23.2 Å². The Morgan fingerprint density at radius 1 is 1.24 bits per heavy atom. The number of aryl methyl sites for hydroxylation is 1. The van der Waals surface area contributed by atoms with Gasteiger partial charge in [-0.1, -0.05) is 11.6 Å². The first-order valence-corrected chi connectivity index (χ1v) is 7.86. The average Bonchev–Trinajstić information content (AvgIpc) is 3.09. The minimum atomic E-state index is -0.346. The smallest absolute Gasteiger partial charge is 0.273 e. The number of amides is 1. The summed E-state index contributed by atoms with van der Waals surface area (Å²) in [5.41, 5.74) is 2.54. The number of carbonyl (C=O) groups is 1. The Morgan fingerprint density at radius 2 is 1.96 bits per heavy atom. The number of aromatic nitrogens is 2. The number of H-pyrrole nitrogens is 1. The molecule has 2 aromatic carbocycles. The number of carbonyl (C=O) groups excluding carboxylic acids is 1. The van der Waals surface area contributed by atoms with Crippen LogP contribution in [0.15, 0.2) is 42.5 Å². The zero-order valence-electron chi connectivity index (χ0n) is 13.6. The van der Waals surface area contributed by atoms with Gasteiger partial charge in [0.2, 0.25) is 0 Å². The Labute approximate surface area is 149 Å². The van der Waals surface area contributed by atoms with Gasteiger partial charge in [-0.25, -0.2) is 0 Å². The molecule has 0 aliphatic carbocycles. The Kier molecular flexibility index (Phi) is 4.63. The van der Waals surface area contributed by atoms with Gasteiger partial charge in [-0.3, -0.25) is 9.89 Å². The first-order valence-electron chi connectivity index (χ1n) is 7.48. The minimum Gasteiger partial charge on any atom is -0.507 e. The third kappa shape index (κ3) is 3.59. The summed E-state index contributed by atoms with van der Waals surface area (Å²) in [5.74, 6) is 0.408. The Bertz CT molecular complexity index is 920. The summed E-state index contributed by atoms with van der Waals surface area (Å²) in [4.78, 5) is 12.3. The third-order valence-electron chi connectivity index (χ3n) is 3.72. The third-order valence-corrected chi connectivity index (χ3v) is 4.13. The molecule has 3 rings (SSSR count). The van der Waals surface area contributed by atoms with Crippen LogP contribution in [-0.2, 0) is 0 Å². The maximum absolute atomic E-state index is 12.3. The van der Waals surface area contributed by atoms with E-state index >= 15 is 0 Å². The molecule has 1 amide bonds. The summed E-state index contributed by atoms with van der Waals surface area (Å²) >= 11 is 6.10. The molecular weight excluding hydrogens is 342 g/mol. The molecule has 0 saturated heterocycles. The SMILES string of the molecule is COc1ccc(NC(=O)c2cc(-c3cc(Cl)c(C)cc3O)n[nH]2)cc1. The van der Waals surface area contributed by atoms with E-state index in [2.05, 4.69) is 15.5 Å². The normalized spacial score (nSPS) is 10.5. The molecule has 0 radical (unpaired) electrons. The number of anilines is 1. The fraction of sp³-hybridized carbons (Fsp3) is 0.111. The van der Waals surface area contributed by atoms with Gasteiger partial charge in [0.05, 0.1) is 12.8 Å². The molecule has 0 unspecified atom stereocenters. The van der Waals surface area contributed by atoms with E-state index in [9.17, 15) is 9.90 Å². The van der Waals surface area contributed by atoms with Gasteiger partial charge in [-0.2, -0.15) is 5.10 Å². The number of ether oxygens (including phenoxy) is 1. The minimum absolute atomic E-state index is 0.0514. The molecule has 0 aliphatic heterocycles. The Morgan fingerprint density at radius 3 is 2.64 bits per heavy atom. The molecule has 0 spiro atoms. The number of aromatic hydroxyl groups is 1.